The summed E-state index contributed by atoms with van der Waals surface area (Å²) in [5, 5.41) is 3.85. The first kappa shape index (κ1) is 15.9. The van der Waals surface area contributed by atoms with Gasteiger partial charge in [-0.2, -0.15) is 0 Å². The molecule has 2 aromatic rings. The summed E-state index contributed by atoms with van der Waals surface area (Å²) in [4.78, 5) is 0. The van der Waals surface area contributed by atoms with Crippen LogP contribution in [0, 0.1) is 5.92 Å². The van der Waals surface area contributed by atoms with Crippen LogP contribution in [-0.4, -0.2) is 12.6 Å². The molecule has 2 aliphatic heterocycles. The number of hydrogen-bond donors (Lipinski definition) is 1. The fourth-order valence-electron chi connectivity index (χ4n) is 6.54. The second-order valence-electron chi connectivity index (χ2n) is 8.85. The molecule has 2 heterocycles. The maximum absolute atomic E-state index is 6.44. The van der Waals surface area contributed by atoms with Crippen molar-refractivity contribution in [3.8, 4) is 5.75 Å². The van der Waals surface area contributed by atoms with E-state index in [1.807, 2.05) is 0 Å². The normalized spacial score (nSPS) is 31.0. The van der Waals surface area contributed by atoms with E-state index in [4.69, 9.17) is 4.74 Å². The predicted molar refractivity (Wildman–Crippen MR) is 109 cm³/mol. The molecule has 2 heteroatoms. The van der Waals surface area contributed by atoms with Gasteiger partial charge in [-0.1, -0.05) is 49.2 Å². The van der Waals surface area contributed by atoms with Gasteiger partial charge in [0.15, 0.2) is 0 Å². The lowest BCUT2D eigenvalue weighted by Gasteiger charge is -2.56. The molecule has 2 aliphatic carbocycles. The molecule has 1 N–H and O–H groups in total. The summed E-state index contributed by atoms with van der Waals surface area (Å²) in [6.07, 6.45) is 11.2. The summed E-state index contributed by atoms with van der Waals surface area (Å²) < 4.78 is 6.44. The number of allylic oxidation sites excluding steroid dienone is 1. The van der Waals surface area contributed by atoms with Gasteiger partial charge in [0.05, 0.1) is 0 Å². The lowest BCUT2D eigenvalue weighted by atomic mass is 9.52. The number of hydrogen-bond acceptors (Lipinski definition) is 2. The average Bonchev–Trinajstić information content (AvgIpc) is 2.73. The summed E-state index contributed by atoms with van der Waals surface area (Å²) in [6.45, 7) is 1.16. The minimum absolute atomic E-state index is 0.361. The van der Waals surface area contributed by atoms with E-state index in [0.717, 1.165) is 30.4 Å². The van der Waals surface area contributed by atoms with Crippen LogP contribution in [0.5, 0.6) is 5.75 Å². The molecule has 138 valence electrons. The number of piperidine rings is 1. The highest BCUT2D eigenvalue weighted by molar-refractivity contribution is 5.71. The summed E-state index contributed by atoms with van der Waals surface area (Å²) in [5.74, 6) is 2.91. The van der Waals surface area contributed by atoms with Crippen molar-refractivity contribution in [1.29, 1.82) is 0 Å². The van der Waals surface area contributed by atoms with Crippen LogP contribution in [0.15, 0.2) is 48.5 Å². The molecule has 0 radical (unpaired) electrons. The molecule has 2 nitrogen and oxygen atoms in total. The molecule has 2 fully saturated rings. The Morgan fingerprint density at radius 3 is 2.89 bits per heavy atom. The first-order valence-corrected chi connectivity index (χ1v) is 10.7. The van der Waals surface area contributed by atoms with Gasteiger partial charge in [-0.15, -0.1) is 0 Å². The van der Waals surface area contributed by atoms with Gasteiger partial charge in [-0.25, -0.2) is 0 Å². The van der Waals surface area contributed by atoms with Crippen molar-refractivity contribution in [1.82, 2.24) is 5.32 Å². The Labute approximate surface area is 161 Å². The van der Waals surface area contributed by atoms with Crippen LogP contribution in [0.4, 0.5) is 0 Å². The van der Waals surface area contributed by atoms with Crippen LogP contribution in [0.2, 0.25) is 0 Å². The lowest BCUT2D eigenvalue weighted by Crippen LogP contribution is -2.59. The van der Waals surface area contributed by atoms with E-state index in [-0.39, 0.29) is 0 Å². The molecule has 4 aliphatic rings. The summed E-state index contributed by atoms with van der Waals surface area (Å²) in [7, 11) is 0. The fraction of sp³-hybridized carbons (Fsp3) is 0.440. The number of benzene rings is 2. The second kappa shape index (κ2) is 5.97. The molecule has 0 aromatic heterocycles. The third-order valence-electron chi connectivity index (χ3n) is 7.61. The summed E-state index contributed by atoms with van der Waals surface area (Å²) in [6, 6.07) is 16.1. The monoisotopic (exact) mass is 357 g/mol. The maximum Gasteiger partial charge on any atom is 0.131 e. The van der Waals surface area contributed by atoms with E-state index in [1.165, 1.54) is 49.7 Å². The first-order chi connectivity index (χ1) is 13.4. The van der Waals surface area contributed by atoms with Gasteiger partial charge >= 0.3 is 0 Å². The van der Waals surface area contributed by atoms with Crippen LogP contribution < -0.4 is 10.1 Å². The molecule has 0 amide bonds. The van der Waals surface area contributed by atoms with E-state index in [1.54, 1.807) is 11.1 Å². The van der Waals surface area contributed by atoms with Crippen LogP contribution in [0.3, 0.4) is 0 Å². The van der Waals surface area contributed by atoms with E-state index >= 15 is 0 Å². The molecule has 3 atom stereocenters. The molecule has 1 unspecified atom stereocenters. The van der Waals surface area contributed by atoms with E-state index in [9.17, 15) is 0 Å². The highest BCUT2D eigenvalue weighted by atomic mass is 16.5. The zero-order valence-electron chi connectivity index (χ0n) is 15.8. The van der Waals surface area contributed by atoms with Crippen molar-refractivity contribution in [2.24, 2.45) is 5.92 Å². The van der Waals surface area contributed by atoms with Crippen LogP contribution in [0.1, 0.15) is 54.4 Å². The molecule has 2 aromatic carbocycles. The highest BCUT2D eigenvalue weighted by Crippen LogP contribution is 2.55. The maximum atomic E-state index is 6.44. The Hall–Kier alpha value is -2.06. The molecule has 27 heavy (non-hydrogen) atoms. The van der Waals surface area contributed by atoms with Gasteiger partial charge in [-0.05, 0) is 73.4 Å². The molecular formula is C25H27NO. The minimum atomic E-state index is 0.361. The Kier molecular flexibility index (Phi) is 3.53. The smallest absolute Gasteiger partial charge is 0.131 e. The van der Waals surface area contributed by atoms with Crippen molar-refractivity contribution >= 4 is 5.76 Å². The lowest BCUT2D eigenvalue weighted by molar-refractivity contribution is 0.0793. The standard InChI is InChI=1S/C25H27NO/c1-2-10-22-17(6-1)11-12-23(27-22)19-8-5-7-18-16-21-20-9-3-4-13-25(20,24(18)19)14-15-26-21/h1-2,5-8,10,12,20-21,26H,3-4,9,11,13-16H2/t20-,21+,25?/m0/s1. The SMILES string of the molecule is C1=C(c2cccc3c2C24CCCC[C@H]2[C@@H](C3)NCC4)Oc2ccccc2C1. The van der Waals surface area contributed by atoms with Gasteiger partial charge in [0.1, 0.15) is 11.5 Å². The Balaban J connectivity index is 1.50. The number of para-hydroxylation sites is 1. The number of ether oxygens (including phenoxy) is 1. The third kappa shape index (κ3) is 2.29. The quantitative estimate of drug-likeness (QED) is 0.775. The fourth-order valence-corrected chi connectivity index (χ4v) is 6.54. The molecule has 2 bridgehead atoms. The van der Waals surface area contributed by atoms with Crippen molar-refractivity contribution in [3.63, 3.8) is 0 Å². The molecule has 1 saturated carbocycles. The van der Waals surface area contributed by atoms with Crippen LogP contribution in [-0.2, 0) is 18.3 Å². The van der Waals surface area contributed by atoms with Crippen molar-refractivity contribution in [2.45, 2.75) is 56.4 Å². The van der Waals surface area contributed by atoms with Crippen molar-refractivity contribution in [2.75, 3.05) is 6.54 Å². The number of rotatable bonds is 1. The zero-order valence-corrected chi connectivity index (χ0v) is 15.8. The predicted octanol–water partition coefficient (Wildman–Crippen LogP) is 5.01. The van der Waals surface area contributed by atoms with Crippen LogP contribution >= 0.6 is 0 Å². The second-order valence-corrected chi connectivity index (χ2v) is 8.85. The Morgan fingerprint density at radius 1 is 0.963 bits per heavy atom. The average molecular weight is 357 g/mol. The van der Waals surface area contributed by atoms with E-state index in [2.05, 4.69) is 53.9 Å². The van der Waals surface area contributed by atoms with Crippen LogP contribution in [0.25, 0.3) is 5.76 Å². The largest absolute Gasteiger partial charge is 0.457 e. The van der Waals surface area contributed by atoms with E-state index in [0.29, 0.717) is 11.5 Å². The molecule has 1 saturated heterocycles. The Morgan fingerprint density at radius 2 is 1.89 bits per heavy atom. The zero-order chi connectivity index (χ0) is 17.8. The number of fused-ring (bicyclic) bond motifs is 2. The highest BCUT2D eigenvalue weighted by Gasteiger charge is 2.52. The van der Waals surface area contributed by atoms with E-state index < -0.39 is 0 Å². The number of nitrogens with one attached hydrogen (secondary N) is 1. The van der Waals surface area contributed by atoms with Gasteiger partial charge in [0.25, 0.3) is 0 Å². The summed E-state index contributed by atoms with van der Waals surface area (Å²) in [5.41, 5.74) is 6.22. The van der Waals surface area contributed by atoms with Gasteiger partial charge in [0, 0.05) is 17.0 Å². The Bertz CT molecular complexity index is 926. The molecular weight excluding hydrogens is 330 g/mol. The van der Waals surface area contributed by atoms with Gasteiger partial charge < -0.3 is 10.1 Å². The molecule has 0 spiro atoms. The minimum Gasteiger partial charge on any atom is -0.457 e. The van der Waals surface area contributed by atoms with Crippen molar-refractivity contribution < 1.29 is 4.74 Å². The topological polar surface area (TPSA) is 21.3 Å². The summed E-state index contributed by atoms with van der Waals surface area (Å²) >= 11 is 0. The van der Waals surface area contributed by atoms with Gasteiger partial charge in [-0.3, -0.25) is 0 Å². The third-order valence-corrected chi connectivity index (χ3v) is 7.61. The first-order valence-electron chi connectivity index (χ1n) is 10.7. The van der Waals surface area contributed by atoms with Gasteiger partial charge in [0.2, 0.25) is 0 Å². The molecule has 6 rings (SSSR count). The van der Waals surface area contributed by atoms with Crippen molar-refractivity contribution in [3.05, 3.63) is 70.8 Å².